The Morgan fingerprint density at radius 2 is 2.07 bits per heavy atom. The summed E-state index contributed by atoms with van der Waals surface area (Å²) in [5, 5.41) is 9.97. The van der Waals surface area contributed by atoms with E-state index in [0.29, 0.717) is 30.4 Å². The number of anilines is 1. The Morgan fingerprint density at radius 3 is 2.77 bits per heavy atom. The van der Waals surface area contributed by atoms with Crippen LogP contribution in [-0.2, 0) is 0 Å². The monoisotopic (exact) mass is 420 g/mol. The van der Waals surface area contributed by atoms with Crippen LogP contribution in [0.5, 0.6) is 0 Å². The summed E-state index contributed by atoms with van der Waals surface area (Å²) in [7, 11) is 0. The normalized spacial score (nSPS) is 10.7. The first-order valence-electron chi connectivity index (χ1n) is 9.40. The van der Waals surface area contributed by atoms with Crippen LogP contribution in [0.15, 0.2) is 53.4 Å². The molecular weight excluding hydrogens is 400 g/mol. The lowest BCUT2D eigenvalue weighted by molar-refractivity contribution is 0.0955. The number of rotatable bonds is 7. The molecule has 0 spiro atoms. The van der Waals surface area contributed by atoms with Crippen LogP contribution < -0.4 is 10.6 Å². The fraction of sp³-hybridized carbons (Fsp3) is 0.190. The lowest BCUT2D eigenvalue weighted by Gasteiger charge is -2.09. The molecule has 0 aromatic carbocycles. The van der Waals surface area contributed by atoms with Gasteiger partial charge in [-0.15, -0.1) is 11.3 Å². The number of nitrogens with zero attached hydrogens (tertiary/aromatic N) is 4. The molecular formula is C21H20N6O2S. The van der Waals surface area contributed by atoms with Crippen LogP contribution in [0, 0.1) is 13.8 Å². The SMILES string of the molecule is Cc1cc(-c2cnc(NCCNC(=O)c3cccnc3)nc2-c2ccc(C)s2)on1. The van der Waals surface area contributed by atoms with Crippen molar-refractivity contribution in [2.45, 2.75) is 13.8 Å². The van der Waals surface area contributed by atoms with Crippen molar-refractivity contribution >= 4 is 23.2 Å². The third-order valence-electron chi connectivity index (χ3n) is 4.27. The first kappa shape index (κ1) is 19.7. The number of carbonyl (C=O) groups excluding carboxylic acids is 1. The molecule has 0 aliphatic heterocycles. The molecule has 4 rings (SSSR count). The summed E-state index contributed by atoms with van der Waals surface area (Å²) in [6, 6.07) is 9.40. The van der Waals surface area contributed by atoms with Crippen molar-refractivity contribution in [3.63, 3.8) is 0 Å². The molecule has 0 aliphatic rings. The summed E-state index contributed by atoms with van der Waals surface area (Å²) in [6.45, 7) is 4.83. The fourth-order valence-corrected chi connectivity index (χ4v) is 3.71. The highest BCUT2D eigenvalue weighted by Crippen LogP contribution is 2.35. The predicted octanol–water partition coefficient (Wildman–Crippen LogP) is 3.71. The lowest BCUT2D eigenvalue weighted by atomic mass is 10.1. The van der Waals surface area contributed by atoms with Crippen molar-refractivity contribution in [1.82, 2.24) is 25.4 Å². The molecule has 1 amide bonds. The highest BCUT2D eigenvalue weighted by atomic mass is 32.1. The zero-order chi connectivity index (χ0) is 20.9. The van der Waals surface area contributed by atoms with Crippen molar-refractivity contribution in [3.05, 3.63) is 65.1 Å². The number of nitrogens with one attached hydrogen (secondary N) is 2. The second-order valence-corrected chi connectivity index (χ2v) is 7.91. The Labute approximate surface area is 177 Å². The Balaban J connectivity index is 1.47. The van der Waals surface area contributed by atoms with Crippen molar-refractivity contribution in [3.8, 4) is 21.9 Å². The van der Waals surface area contributed by atoms with Crippen molar-refractivity contribution in [1.29, 1.82) is 0 Å². The molecule has 0 saturated carbocycles. The lowest BCUT2D eigenvalue weighted by Crippen LogP contribution is -2.29. The van der Waals surface area contributed by atoms with Gasteiger partial charge in [-0.2, -0.15) is 0 Å². The number of hydrogen-bond donors (Lipinski definition) is 2. The number of hydrogen-bond acceptors (Lipinski definition) is 8. The van der Waals surface area contributed by atoms with Crippen LogP contribution in [-0.4, -0.2) is 39.1 Å². The third-order valence-corrected chi connectivity index (χ3v) is 5.28. The van der Waals surface area contributed by atoms with Gasteiger partial charge >= 0.3 is 0 Å². The van der Waals surface area contributed by atoms with E-state index in [9.17, 15) is 4.79 Å². The van der Waals surface area contributed by atoms with Crippen LogP contribution in [0.4, 0.5) is 5.95 Å². The van der Waals surface area contributed by atoms with Gasteiger partial charge in [-0.05, 0) is 38.1 Å². The van der Waals surface area contributed by atoms with E-state index >= 15 is 0 Å². The molecule has 0 atom stereocenters. The minimum Gasteiger partial charge on any atom is -0.356 e. The van der Waals surface area contributed by atoms with Gasteiger partial charge in [-0.25, -0.2) is 9.97 Å². The summed E-state index contributed by atoms with van der Waals surface area (Å²) >= 11 is 1.65. The average molecular weight is 420 g/mol. The number of amides is 1. The summed E-state index contributed by atoms with van der Waals surface area (Å²) in [5.74, 6) is 0.937. The fourth-order valence-electron chi connectivity index (χ4n) is 2.84. The van der Waals surface area contributed by atoms with Gasteiger partial charge in [-0.3, -0.25) is 9.78 Å². The van der Waals surface area contributed by atoms with Crippen LogP contribution in [0.25, 0.3) is 21.9 Å². The second-order valence-electron chi connectivity index (χ2n) is 6.62. The molecule has 2 N–H and O–H groups in total. The molecule has 0 aliphatic carbocycles. The van der Waals surface area contributed by atoms with Gasteiger partial charge in [0.2, 0.25) is 5.95 Å². The van der Waals surface area contributed by atoms with Gasteiger partial charge in [-0.1, -0.05) is 5.16 Å². The summed E-state index contributed by atoms with van der Waals surface area (Å²) in [6.07, 6.45) is 4.89. The summed E-state index contributed by atoms with van der Waals surface area (Å²) in [5.41, 5.74) is 2.88. The van der Waals surface area contributed by atoms with Gasteiger partial charge in [0.05, 0.1) is 27.4 Å². The Hall–Kier alpha value is -3.59. The molecule has 0 radical (unpaired) electrons. The molecule has 4 aromatic heterocycles. The van der Waals surface area contributed by atoms with E-state index in [1.807, 2.05) is 19.1 Å². The minimum absolute atomic E-state index is 0.170. The van der Waals surface area contributed by atoms with Crippen molar-refractivity contribution in [2.24, 2.45) is 0 Å². The van der Waals surface area contributed by atoms with Gasteiger partial charge in [0.15, 0.2) is 5.76 Å². The topological polar surface area (TPSA) is 106 Å². The zero-order valence-corrected chi connectivity index (χ0v) is 17.4. The molecule has 30 heavy (non-hydrogen) atoms. The van der Waals surface area contributed by atoms with E-state index in [-0.39, 0.29) is 5.91 Å². The van der Waals surface area contributed by atoms with Crippen LogP contribution in [0.3, 0.4) is 0 Å². The van der Waals surface area contributed by atoms with Crippen molar-refractivity contribution in [2.75, 3.05) is 18.4 Å². The van der Waals surface area contributed by atoms with E-state index in [1.165, 1.54) is 11.1 Å². The number of carbonyl (C=O) groups is 1. The maximum atomic E-state index is 12.1. The molecule has 0 bridgehead atoms. The first-order chi connectivity index (χ1) is 14.6. The van der Waals surface area contributed by atoms with Crippen molar-refractivity contribution < 1.29 is 9.32 Å². The Kier molecular flexibility index (Phi) is 5.80. The maximum Gasteiger partial charge on any atom is 0.252 e. The third kappa shape index (κ3) is 4.52. The van der Waals surface area contributed by atoms with E-state index < -0.39 is 0 Å². The molecule has 0 unspecified atom stereocenters. The number of thiophene rings is 1. The van der Waals surface area contributed by atoms with E-state index in [1.54, 1.807) is 35.9 Å². The quantitative estimate of drug-likeness (QED) is 0.439. The second kappa shape index (κ2) is 8.83. The van der Waals surface area contributed by atoms with Crippen LogP contribution in [0.2, 0.25) is 0 Å². The van der Waals surface area contributed by atoms with Crippen LogP contribution >= 0.6 is 11.3 Å². The molecule has 0 saturated heterocycles. The zero-order valence-electron chi connectivity index (χ0n) is 16.5. The number of aryl methyl sites for hydroxylation is 2. The summed E-state index contributed by atoms with van der Waals surface area (Å²) < 4.78 is 5.43. The van der Waals surface area contributed by atoms with Gasteiger partial charge in [0, 0.05) is 42.6 Å². The van der Waals surface area contributed by atoms with E-state index in [0.717, 1.165) is 21.8 Å². The largest absolute Gasteiger partial charge is 0.356 e. The number of aromatic nitrogens is 4. The standard InChI is InChI=1S/C21H20N6O2S/c1-13-10-17(29-27-13)16-12-25-21(26-19(16)18-6-5-14(2)30-18)24-9-8-23-20(28)15-4-3-7-22-11-15/h3-7,10-12H,8-9H2,1-2H3,(H,23,28)(H,24,25,26). The van der Waals surface area contributed by atoms with Crippen LogP contribution in [0.1, 0.15) is 20.9 Å². The Bertz CT molecular complexity index is 1160. The predicted molar refractivity (Wildman–Crippen MR) is 115 cm³/mol. The molecule has 152 valence electrons. The highest BCUT2D eigenvalue weighted by molar-refractivity contribution is 7.15. The van der Waals surface area contributed by atoms with Gasteiger partial charge < -0.3 is 15.2 Å². The average Bonchev–Trinajstić information content (AvgIpc) is 3.40. The highest BCUT2D eigenvalue weighted by Gasteiger charge is 2.16. The summed E-state index contributed by atoms with van der Waals surface area (Å²) in [4.78, 5) is 27.3. The van der Waals surface area contributed by atoms with E-state index in [4.69, 9.17) is 9.51 Å². The maximum absolute atomic E-state index is 12.1. The first-order valence-corrected chi connectivity index (χ1v) is 10.2. The molecule has 9 heteroatoms. The molecule has 8 nitrogen and oxygen atoms in total. The molecule has 0 fully saturated rings. The minimum atomic E-state index is -0.170. The number of pyridine rings is 1. The van der Waals surface area contributed by atoms with Gasteiger partial charge in [0.25, 0.3) is 5.91 Å². The smallest absolute Gasteiger partial charge is 0.252 e. The molecule has 4 aromatic rings. The van der Waals surface area contributed by atoms with E-state index in [2.05, 4.69) is 38.7 Å². The molecule has 4 heterocycles. The Morgan fingerprint density at radius 1 is 1.17 bits per heavy atom. The van der Waals surface area contributed by atoms with Gasteiger partial charge in [0.1, 0.15) is 0 Å².